The van der Waals surface area contributed by atoms with E-state index < -0.39 is 17.7 Å². The molecule has 30 heavy (non-hydrogen) atoms. The van der Waals surface area contributed by atoms with Crippen LogP contribution in [0.3, 0.4) is 0 Å². The molecule has 152 valence electrons. The monoisotopic (exact) mass is 401 g/mol. The number of carbonyl (C=O) groups excluding carboxylic acids is 2. The highest BCUT2D eigenvalue weighted by molar-refractivity contribution is 6.46. The van der Waals surface area contributed by atoms with Gasteiger partial charge in [-0.05, 0) is 29.2 Å². The Hall–Kier alpha value is -3.60. The molecule has 0 spiro atoms. The number of aliphatic hydroxyl groups excluding tert-OH is 1. The predicted molar refractivity (Wildman–Crippen MR) is 114 cm³/mol. The lowest BCUT2D eigenvalue weighted by molar-refractivity contribution is -0.140. The van der Waals surface area contributed by atoms with Crippen molar-refractivity contribution in [2.24, 2.45) is 0 Å². The average molecular weight is 401 g/mol. The normalized spacial score (nSPS) is 18.4. The molecule has 1 saturated heterocycles. The molecule has 1 unspecified atom stereocenters. The van der Waals surface area contributed by atoms with Crippen molar-refractivity contribution in [2.45, 2.75) is 32.4 Å². The van der Waals surface area contributed by atoms with Gasteiger partial charge >= 0.3 is 0 Å². The SMILES string of the molecule is CC(C)c1ccc(C2/C(=C(/O)c3ccccc3)C(=O)C(=O)N2Cc2ccco2)cc1. The second-order valence-corrected chi connectivity index (χ2v) is 7.69. The molecule has 0 aliphatic carbocycles. The minimum absolute atomic E-state index is 0.0926. The molecule has 1 atom stereocenters. The molecule has 4 rings (SSSR count). The van der Waals surface area contributed by atoms with Crippen molar-refractivity contribution in [3.05, 3.63) is 101 Å². The van der Waals surface area contributed by atoms with E-state index in [1.807, 2.05) is 30.3 Å². The van der Waals surface area contributed by atoms with Crippen LogP contribution in [-0.4, -0.2) is 21.7 Å². The van der Waals surface area contributed by atoms with Crippen molar-refractivity contribution in [1.29, 1.82) is 0 Å². The van der Waals surface area contributed by atoms with Gasteiger partial charge in [-0.3, -0.25) is 9.59 Å². The number of amides is 1. The Morgan fingerprint density at radius 1 is 1.00 bits per heavy atom. The van der Waals surface area contributed by atoms with Gasteiger partial charge in [0.25, 0.3) is 11.7 Å². The van der Waals surface area contributed by atoms with Crippen LogP contribution in [0.1, 0.15) is 48.3 Å². The van der Waals surface area contributed by atoms with Gasteiger partial charge in [0.05, 0.1) is 24.4 Å². The van der Waals surface area contributed by atoms with Crippen LogP contribution in [0.25, 0.3) is 5.76 Å². The van der Waals surface area contributed by atoms with Crippen LogP contribution in [-0.2, 0) is 16.1 Å². The van der Waals surface area contributed by atoms with E-state index in [-0.39, 0.29) is 17.9 Å². The number of furan rings is 1. The number of Topliss-reactive ketones (excluding diaryl/α,β-unsaturated/α-hetero) is 1. The summed E-state index contributed by atoms with van der Waals surface area (Å²) in [6.07, 6.45) is 1.53. The molecular formula is C25H23NO4. The molecular weight excluding hydrogens is 378 g/mol. The van der Waals surface area contributed by atoms with Crippen molar-refractivity contribution in [1.82, 2.24) is 4.90 Å². The average Bonchev–Trinajstić information content (AvgIpc) is 3.36. The number of hydrogen-bond acceptors (Lipinski definition) is 4. The lowest BCUT2D eigenvalue weighted by Gasteiger charge is -2.25. The fraction of sp³-hybridized carbons (Fsp3) is 0.200. The predicted octanol–water partition coefficient (Wildman–Crippen LogP) is 5.02. The van der Waals surface area contributed by atoms with E-state index >= 15 is 0 Å². The summed E-state index contributed by atoms with van der Waals surface area (Å²) in [5, 5.41) is 11.0. The molecule has 1 aromatic heterocycles. The third-order valence-electron chi connectivity index (χ3n) is 5.41. The molecule has 2 aromatic carbocycles. The highest BCUT2D eigenvalue weighted by Crippen LogP contribution is 2.40. The third-order valence-corrected chi connectivity index (χ3v) is 5.41. The van der Waals surface area contributed by atoms with Gasteiger partial charge in [0, 0.05) is 5.56 Å². The number of nitrogens with zero attached hydrogens (tertiary/aromatic N) is 1. The minimum Gasteiger partial charge on any atom is -0.507 e. The molecule has 0 radical (unpaired) electrons. The molecule has 0 bridgehead atoms. The summed E-state index contributed by atoms with van der Waals surface area (Å²) in [6, 6.07) is 19.4. The van der Waals surface area contributed by atoms with Gasteiger partial charge in [0.15, 0.2) is 0 Å². The highest BCUT2D eigenvalue weighted by Gasteiger charge is 2.46. The van der Waals surface area contributed by atoms with Crippen LogP contribution < -0.4 is 0 Å². The van der Waals surface area contributed by atoms with Crippen LogP contribution in [0.4, 0.5) is 0 Å². The van der Waals surface area contributed by atoms with Crippen molar-refractivity contribution in [2.75, 3.05) is 0 Å². The number of hydrogen-bond donors (Lipinski definition) is 1. The zero-order chi connectivity index (χ0) is 21.3. The molecule has 1 aliphatic heterocycles. The second-order valence-electron chi connectivity index (χ2n) is 7.69. The number of benzene rings is 2. The lowest BCUT2D eigenvalue weighted by Crippen LogP contribution is -2.29. The molecule has 1 aliphatic rings. The van der Waals surface area contributed by atoms with E-state index in [0.29, 0.717) is 17.2 Å². The van der Waals surface area contributed by atoms with Crippen LogP contribution >= 0.6 is 0 Å². The van der Waals surface area contributed by atoms with Crippen molar-refractivity contribution in [3.63, 3.8) is 0 Å². The molecule has 3 aromatic rings. The van der Waals surface area contributed by atoms with E-state index in [2.05, 4.69) is 13.8 Å². The number of likely N-dealkylation sites (tertiary alicyclic amines) is 1. The Bertz CT molecular complexity index is 1080. The fourth-order valence-electron chi connectivity index (χ4n) is 3.77. The molecule has 5 heteroatoms. The van der Waals surface area contributed by atoms with E-state index in [1.54, 1.807) is 36.4 Å². The summed E-state index contributed by atoms with van der Waals surface area (Å²) >= 11 is 0. The van der Waals surface area contributed by atoms with Crippen molar-refractivity contribution >= 4 is 17.4 Å². The van der Waals surface area contributed by atoms with Gasteiger partial charge in [0.1, 0.15) is 11.5 Å². The number of aliphatic hydroxyl groups is 1. The van der Waals surface area contributed by atoms with E-state index in [0.717, 1.165) is 11.1 Å². The van der Waals surface area contributed by atoms with Gasteiger partial charge in [-0.15, -0.1) is 0 Å². The Balaban J connectivity index is 1.85. The summed E-state index contributed by atoms with van der Waals surface area (Å²) in [5.41, 5.74) is 2.51. The maximum Gasteiger partial charge on any atom is 0.296 e. The number of ketones is 1. The fourth-order valence-corrected chi connectivity index (χ4v) is 3.77. The molecule has 1 amide bonds. The maximum absolute atomic E-state index is 13.0. The smallest absolute Gasteiger partial charge is 0.296 e. The first-order valence-electron chi connectivity index (χ1n) is 9.93. The summed E-state index contributed by atoms with van der Waals surface area (Å²) < 4.78 is 5.41. The van der Waals surface area contributed by atoms with E-state index in [4.69, 9.17) is 4.42 Å². The second kappa shape index (κ2) is 8.03. The summed E-state index contributed by atoms with van der Waals surface area (Å²) in [6.45, 7) is 4.35. The standard InChI is InChI=1S/C25H23NO4/c1-16(2)17-10-12-18(13-11-17)22-21(23(27)19-7-4-3-5-8-19)24(28)25(29)26(22)15-20-9-6-14-30-20/h3-14,16,22,27H,15H2,1-2H3/b23-21-. The minimum atomic E-state index is -0.698. The molecule has 1 fully saturated rings. The summed E-state index contributed by atoms with van der Waals surface area (Å²) in [5.74, 6) is -0.588. The first-order valence-corrected chi connectivity index (χ1v) is 9.93. The Morgan fingerprint density at radius 2 is 1.70 bits per heavy atom. The molecule has 1 N–H and O–H groups in total. The number of rotatable bonds is 5. The van der Waals surface area contributed by atoms with Gasteiger partial charge in [-0.2, -0.15) is 0 Å². The van der Waals surface area contributed by atoms with Crippen LogP contribution in [0.2, 0.25) is 0 Å². The van der Waals surface area contributed by atoms with Crippen molar-refractivity contribution < 1.29 is 19.1 Å². The highest BCUT2D eigenvalue weighted by atomic mass is 16.3. The molecule has 5 nitrogen and oxygen atoms in total. The first kappa shape index (κ1) is 19.7. The molecule has 2 heterocycles. The summed E-state index contributed by atoms with van der Waals surface area (Å²) in [7, 11) is 0. The zero-order valence-electron chi connectivity index (χ0n) is 16.9. The van der Waals surface area contributed by atoms with E-state index in [1.165, 1.54) is 11.2 Å². The van der Waals surface area contributed by atoms with Crippen LogP contribution in [0.5, 0.6) is 0 Å². The topological polar surface area (TPSA) is 70.8 Å². The van der Waals surface area contributed by atoms with Gasteiger partial charge < -0.3 is 14.4 Å². The maximum atomic E-state index is 13.0. The third kappa shape index (κ3) is 3.54. The van der Waals surface area contributed by atoms with Crippen molar-refractivity contribution in [3.8, 4) is 0 Å². The molecule has 0 saturated carbocycles. The Morgan fingerprint density at radius 3 is 2.30 bits per heavy atom. The van der Waals surface area contributed by atoms with E-state index in [9.17, 15) is 14.7 Å². The van der Waals surface area contributed by atoms with Gasteiger partial charge in [0.2, 0.25) is 0 Å². The van der Waals surface area contributed by atoms with Crippen LogP contribution in [0.15, 0.2) is 83.0 Å². The zero-order valence-corrected chi connectivity index (χ0v) is 16.9. The van der Waals surface area contributed by atoms with Crippen LogP contribution in [0, 0.1) is 0 Å². The lowest BCUT2D eigenvalue weighted by atomic mass is 9.93. The Labute approximate surface area is 175 Å². The van der Waals surface area contributed by atoms with Gasteiger partial charge in [-0.25, -0.2) is 0 Å². The summed E-state index contributed by atoms with van der Waals surface area (Å²) in [4.78, 5) is 27.4. The van der Waals surface area contributed by atoms with Gasteiger partial charge in [-0.1, -0.05) is 68.4 Å². The largest absolute Gasteiger partial charge is 0.507 e. The quantitative estimate of drug-likeness (QED) is 0.370. The first-order chi connectivity index (χ1) is 14.5. The Kier molecular flexibility index (Phi) is 5.27. The number of carbonyl (C=O) groups is 2.